The van der Waals surface area contributed by atoms with Crippen LogP contribution in [0.25, 0.3) is 0 Å². The lowest BCUT2D eigenvalue weighted by Gasteiger charge is -2.37. The fraction of sp³-hybridized carbons (Fsp3) is 0.750. The molecule has 1 aliphatic carbocycles. The van der Waals surface area contributed by atoms with E-state index in [1.807, 2.05) is 0 Å². The second kappa shape index (κ2) is 4.76. The van der Waals surface area contributed by atoms with Crippen LogP contribution in [-0.4, -0.2) is 26.9 Å². The van der Waals surface area contributed by atoms with Crippen molar-refractivity contribution >= 4 is 17.4 Å². The third-order valence-electron chi connectivity index (χ3n) is 4.20. The number of halogens is 1. The van der Waals surface area contributed by atoms with Crippen LogP contribution >= 0.6 is 11.6 Å². The van der Waals surface area contributed by atoms with Crippen LogP contribution < -0.4 is 0 Å². The predicted octanol–water partition coefficient (Wildman–Crippen LogP) is 3.11. The van der Waals surface area contributed by atoms with Gasteiger partial charge in [0.15, 0.2) is 5.02 Å². The number of ether oxygens (including phenoxy) is 1. The highest BCUT2D eigenvalue weighted by Gasteiger charge is 2.41. The van der Waals surface area contributed by atoms with E-state index >= 15 is 0 Å². The van der Waals surface area contributed by atoms with E-state index in [9.17, 15) is 10.1 Å². The maximum absolute atomic E-state index is 10.8. The first kappa shape index (κ1) is 12.9. The van der Waals surface area contributed by atoms with Gasteiger partial charge in [0, 0.05) is 13.0 Å². The molecule has 3 rings (SSSR count). The maximum Gasteiger partial charge on any atom is 0.408 e. The molecular formula is C12H16ClN3O3. The normalized spacial score (nSPS) is 25.8. The Morgan fingerprint density at radius 2 is 2.26 bits per heavy atom. The zero-order chi connectivity index (χ0) is 13.5. The molecule has 0 N–H and O–H groups in total. The minimum Gasteiger partial charge on any atom is -0.375 e. The van der Waals surface area contributed by atoms with E-state index in [1.54, 1.807) is 10.9 Å². The van der Waals surface area contributed by atoms with Gasteiger partial charge in [-0.1, -0.05) is 24.4 Å². The maximum atomic E-state index is 10.8. The molecule has 19 heavy (non-hydrogen) atoms. The van der Waals surface area contributed by atoms with E-state index in [1.165, 1.54) is 12.8 Å². The number of nitrogens with zero attached hydrogens (tertiary/aromatic N) is 3. The van der Waals surface area contributed by atoms with Gasteiger partial charge in [-0.2, -0.15) is 4.68 Å². The Morgan fingerprint density at radius 3 is 2.89 bits per heavy atom. The Morgan fingerprint density at radius 1 is 1.53 bits per heavy atom. The average molecular weight is 286 g/mol. The second-order valence-electron chi connectivity index (χ2n) is 5.42. The van der Waals surface area contributed by atoms with Gasteiger partial charge in [-0.25, -0.2) is 0 Å². The highest BCUT2D eigenvalue weighted by Crippen LogP contribution is 2.43. The summed E-state index contributed by atoms with van der Waals surface area (Å²) >= 11 is 5.85. The Hall–Kier alpha value is -1.14. The van der Waals surface area contributed by atoms with Crippen LogP contribution in [0, 0.1) is 10.1 Å². The SMILES string of the molecule is O=[N+]([O-])c1nn(C2CCOC3(CCCC3)C2)cc1Cl. The Kier molecular flexibility index (Phi) is 3.22. The summed E-state index contributed by atoms with van der Waals surface area (Å²) in [6, 6.07) is 0.151. The van der Waals surface area contributed by atoms with Gasteiger partial charge in [-0.05, 0) is 24.2 Å². The van der Waals surface area contributed by atoms with Crippen molar-refractivity contribution in [1.82, 2.24) is 9.78 Å². The minimum absolute atomic E-state index is 0.0316. The van der Waals surface area contributed by atoms with Gasteiger partial charge < -0.3 is 14.9 Å². The molecule has 2 aliphatic rings. The summed E-state index contributed by atoms with van der Waals surface area (Å²) < 4.78 is 7.61. The lowest BCUT2D eigenvalue weighted by Crippen LogP contribution is -2.38. The van der Waals surface area contributed by atoms with E-state index in [0.717, 1.165) is 25.7 Å². The van der Waals surface area contributed by atoms with E-state index in [2.05, 4.69) is 5.10 Å². The van der Waals surface area contributed by atoms with Crippen molar-refractivity contribution in [3.8, 4) is 0 Å². The van der Waals surface area contributed by atoms with Crippen LogP contribution in [0.1, 0.15) is 44.6 Å². The van der Waals surface area contributed by atoms with E-state index in [-0.39, 0.29) is 22.5 Å². The molecule has 1 saturated heterocycles. The first-order chi connectivity index (χ1) is 9.10. The summed E-state index contributed by atoms with van der Waals surface area (Å²) in [5.74, 6) is -0.256. The molecule has 1 aromatic rings. The summed E-state index contributed by atoms with van der Waals surface area (Å²) in [4.78, 5) is 10.2. The van der Waals surface area contributed by atoms with Gasteiger partial charge in [0.1, 0.15) is 0 Å². The molecule has 1 saturated carbocycles. The smallest absolute Gasteiger partial charge is 0.375 e. The van der Waals surface area contributed by atoms with Crippen molar-refractivity contribution in [2.24, 2.45) is 0 Å². The van der Waals surface area contributed by atoms with Gasteiger partial charge in [-0.15, -0.1) is 0 Å². The average Bonchev–Trinajstić information content (AvgIpc) is 2.97. The molecule has 7 heteroatoms. The molecule has 0 bridgehead atoms. The molecule has 104 valence electrons. The molecular weight excluding hydrogens is 270 g/mol. The number of hydrogen-bond donors (Lipinski definition) is 0. The lowest BCUT2D eigenvalue weighted by molar-refractivity contribution is -0.389. The third-order valence-corrected chi connectivity index (χ3v) is 4.46. The zero-order valence-corrected chi connectivity index (χ0v) is 11.3. The summed E-state index contributed by atoms with van der Waals surface area (Å²) in [6.07, 6.45) is 7.85. The van der Waals surface area contributed by atoms with Crippen LogP contribution in [-0.2, 0) is 4.74 Å². The van der Waals surface area contributed by atoms with Crippen molar-refractivity contribution in [2.45, 2.75) is 50.2 Å². The van der Waals surface area contributed by atoms with Crippen LogP contribution in [0.4, 0.5) is 5.82 Å². The predicted molar refractivity (Wildman–Crippen MR) is 69.3 cm³/mol. The molecule has 1 aromatic heterocycles. The fourth-order valence-corrected chi connectivity index (χ4v) is 3.47. The Labute approximate surface area is 115 Å². The van der Waals surface area contributed by atoms with Crippen LogP contribution in [0.15, 0.2) is 6.20 Å². The first-order valence-corrected chi connectivity index (χ1v) is 7.00. The summed E-state index contributed by atoms with van der Waals surface area (Å²) in [6.45, 7) is 0.690. The van der Waals surface area contributed by atoms with E-state index in [4.69, 9.17) is 16.3 Å². The molecule has 2 fully saturated rings. The molecule has 1 aliphatic heterocycles. The second-order valence-corrected chi connectivity index (χ2v) is 5.83. The topological polar surface area (TPSA) is 70.2 Å². The number of nitro groups is 1. The lowest BCUT2D eigenvalue weighted by atomic mass is 9.89. The molecule has 0 amide bonds. The quantitative estimate of drug-likeness (QED) is 0.618. The van der Waals surface area contributed by atoms with Crippen LogP contribution in [0.3, 0.4) is 0 Å². The third kappa shape index (κ3) is 2.34. The van der Waals surface area contributed by atoms with Gasteiger partial charge in [-0.3, -0.25) is 0 Å². The van der Waals surface area contributed by atoms with E-state index < -0.39 is 4.92 Å². The van der Waals surface area contributed by atoms with Crippen molar-refractivity contribution in [1.29, 1.82) is 0 Å². The molecule has 0 radical (unpaired) electrons. The summed E-state index contributed by atoms with van der Waals surface area (Å²) in [7, 11) is 0. The van der Waals surface area contributed by atoms with Crippen molar-refractivity contribution < 1.29 is 9.66 Å². The zero-order valence-electron chi connectivity index (χ0n) is 10.5. The van der Waals surface area contributed by atoms with Crippen LogP contribution in [0.2, 0.25) is 5.02 Å². The van der Waals surface area contributed by atoms with Crippen molar-refractivity contribution in [3.05, 3.63) is 21.3 Å². The van der Waals surface area contributed by atoms with Crippen molar-refractivity contribution in [3.63, 3.8) is 0 Å². The monoisotopic (exact) mass is 285 g/mol. The van der Waals surface area contributed by atoms with Crippen molar-refractivity contribution in [2.75, 3.05) is 6.61 Å². The van der Waals surface area contributed by atoms with Gasteiger partial charge >= 0.3 is 5.82 Å². The number of hydrogen-bond acceptors (Lipinski definition) is 4. The van der Waals surface area contributed by atoms with E-state index in [0.29, 0.717) is 6.61 Å². The molecule has 2 heterocycles. The number of aromatic nitrogens is 2. The first-order valence-electron chi connectivity index (χ1n) is 6.63. The molecule has 6 nitrogen and oxygen atoms in total. The minimum atomic E-state index is -0.538. The number of rotatable bonds is 2. The van der Waals surface area contributed by atoms with Gasteiger partial charge in [0.25, 0.3) is 0 Å². The summed E-state index contributed by atoms with van der Waals surface area (Å²) in [5, 5.41) is 14.9. The molecule has 1 unspecified atom stereocenters. The largest absolute Gasteiger partial charge is 0.408 e. The highest BCUT2D eigenvalue weighted by atomic mass is 35.5. The molecule has 0 aromatic carbocycles. The van der Waals surface area contributed by atoms with Gasteiger partial charge in [0.2, 0.25) is 0 Å². The molecule has 1 atom stereocenters. The standard InChI is InChI=1S/C12H16ClN3O3/c13-10-8-15(14-11(10)16(17)18)9-3-6-19-12(7-9)4-1-2-5-12/h8-9H,1-7H2. The highest BCUT2D eigenvalue weighted by molar-refractivity contribution is 6.32. The van der Waals surface area contributed by atoms with Gasteiger partial charge in [0.05, 0.1) is 22.9 Å². The molecule has 1 spiro atoms. The fourth-order valence-electron chi connectivity index (χ4n) is 3.27. The Bertz CT molecular complexity index is 496. The summed E-state index contributed by atoms with van der Waals surface area (Å²) in [5.41, 5.74) is -0.0316. The van der Waals surface area contributed by atoms with Crippen LogP contribution in [0.5, 0.6) is 0 Å². The Balaban J connectivity index is 1.82.